The number of carbonyl (C=O) groups excluding carboxylic acids is 1. The number of nitro benzene ring substituents is 2. The zero-order valence-corrected chi connectivity index (χ0v) is 17.7. The van der Waals surface area contributed by atoms with Crippen LogP contribution < -0.4 is 0 Å². The molecule has 0 spiro atoms. The average molecular weight is 443 g/mol. The molecule has 0 atom stereocenters. The summed E-state index contributed by atoms with van der Waals surface area (Å²) in [5.74, 6) is 0.0231. The van der Waals surface area contributed by atoms with Gasteiger partial charge in [0.05, 0.1) is 15.6 Å². The molecule has 0 unspecified atom stereocenters. The maximum Gasteiger partial charge on any atom is 0.270 e. The Bertz CT molecular complexity index is 1030. The fraction of sp³-hybridized carbons (Fsp3) is 0.364. The lowest BCUT2D eigenvalue weighted by Gasteiger charge is -2.15. The molecule has 2 N–H and O–H groups in total. The standard InChI is InChI=1S/C10H10N2O3.C10H9NO3.C2H6O/c13-11-10-3-1-2-7-4-5-8(12(14)15)6-9(7)10;12-10-3-1-2-7-4-5-8(11(13)14)6-9(7)10;1-2-3/h4-6,13H,1-3H2;4-6H,1-3H2;3H,2H2,1H3/b11-10+;;. The number of aryl methyl sites for hydroxylation is 2. The van der Waals surface area contributed by atoms with E-state index in [9.17, 15) is 25.0 Å². The van der Waals surface area contributed by atoms with Crippen molar-refractivity contribution in [2.45, 2.75) is 45.4 Å². The minimum Gasteiger partial charge on any atom is -0.411 e. The van der Waals surface area contributed by atoms with Gasteiger partial charge in [0, 0.05) is 48.4 Å². The molecule has 0 radical (unpaired) electrons. The lowest BCUT2D eigenvalue weighted by molar-refractivity contribution is -0.385. The predicted octanol–water partition coefficient (Wildman–Crippen LogP) is 4.22. The number of rotatable bonds is 2. The summed E-state index contributed by atoms with van der Waals surface area (Å²) in [7, 11) is 0. The first-order valence-corrected chi connectivity index (χ1v) is 10.2. The van der Waals surface area contributed by atoms with Crippen LogP contribution in [-0.2, 0) is 12.8 Å². The number of benzene rings is 2. The summed E-state index contributed by atoms with van der Waals surface area (Å²) in [6, 6.07) is 9.22. The number of Topliss-reactive ketones (excluding diaryl/α,β-unsaturated/α-hetero) is 1. The number of carbonyl (C=O) groups is 1. The van der Waals surface area contributed by atoms with E-state index < -0.39 is 9.85 Å². The van der Waals surface area contributed by atoms with E-state index in [0.29, 0.717) is 29.7 Å². The summed E-state index contributed by atoms with van der Waals surface area (Å²) in [6.45, 7) is 1.93. The third-order valence-electron chi connectivity index (χ3n) is 5.05. The molecule has 0 heterocycles. The number of hydrogen-bond acceptors (Lipinski definition) is 8. The van der Waals surface area contributed by atoms with E-state index in [1.807, 2.05) is 0 Å². The molecule has 0 amide bonds. The Hall–Kier alpha value is -3.66. The van der Waals surface area contributed by atoms with Crippen molar-refractivity contribution in [1.29, 1.82) is 0 Å². The van der Waals surface area contributed by atoms with Gasteiger partial charge in [0.1, 0.15) is 0 Å². The van der Waals surface area contributed by atoms with Crippen LogP contribution in [0.2, 0.25) is 0 Å². The van der Waals surface area contributed by atoms with Gasteiger partial charge >= 0.3 is 0 Å². The second-order valence-corrected chi connectivity index (χ2v) is 7.19. The molecule has 2 aromatic carbocycles. The summed E-state index contributed by atoms with van der Waals surface area (Å²) in [4.78, 5) is 31.6. The number of fused-ring (bicyclic) bond motifs is 2. The van der Waals surface area contributed by atoms with E-state index in [1.165, 1.54) is 24.3 Å². The van der Waals surface area contributed by atoms with E-state index in [-0.39, 0.29) is 23.8 Å². The van der Waals surface area contributed by atoms with Gasteiger partial charge in [-0.05, 0) is 50.2 Å². The summed E-state index contributed by atoms with van der Waals surface area (Å²) in [5.41, 5.74) is 3.77. The maximum atomic E-state index is 11.4. The number of hydrogen-bond donors (Lipinski definition) is 2. The Morgan fingerprint density at radius 1 is 0.875 bits per heavy atom. The first-order chi connectivity index (χ1) is 15.3. The van der Waals surface area contributed by atoms with Crippen LogP contribution in [0.4, 0.5) is 11.4 Å². The summed E-state index contributed by atoms with van der Waals surface area (Å²) in [5, 5.41) is 40.6. The van der Waals surface area contributed by atoms with Crippen molar-refractivity contribution in [3.05, 3.63) is 78.9 Å². The molecule has 10 heteroatoms. The second kappa shape index (κ2) is 11.7. The topological polar surface area (TPSA) is 156 Å². The summed E-state index contributed by atoms with van der Waals surface area (Å²) >= 11 is 0. The molecule has 0 fully saturated rings. The molecule has 2 aliphatic carbocycles. The lowest BCUT2D eigenvalue weighted by atomic mass is 9.90. The lowest BCUT2D eigenvalue weighted by Crippen LogP contribution is -2.12. The van der Waals surface area contributed by atoms with Gasteiger partial charge in [-0.25, -0.2) is 0 Å². The van der Waals surface area contributed by atoms with E-state index in [2.05, 4.69) is 5.16 Å². The smallest absolute Gasteiger partial charge is 0.270 e. The monoisotopic (exact) mass is 443 g/mol. The van der Waals surface area contributed by atoms with Crippen LogP contribution in [0.3, 0.4) is 0 Å². The van der Waals surface area contributed by atoms with E-state index >= 15 is 0 Å². The van der Waals surface area contributed by atoms with Crippen molar-refractivity contribution in [3.63, 3.8) is 0 Å². The SMILES string of the molecule is CCO.O=C1CCCc2ccc([N+](=O)[O-])cc21.O=[N+]([O-])c1ccc2c(c1)/C(=N/O)CCC2. The fourth-order valence-electron chi connectivity index (χ4n) is 3.58. The second-order valence-electron chi connectivity index (χ2n) is 7.19. The molecule has 2 aromatic rings. The van der Waals surface area contributed by atoms with Gasteiger partial charge in [0.2, 0.25) is 0 Å². The minimum atomic E-state index is -0.470. The van der Waals surface area contributed by atoms with Crippen LogP contribution in [0.5, 0.6) is 0 Å². The van der Waals surface area contributed by atoms with Crippen LogP contribution in [0.15, 0.2) is 41.6 Å². The maximum absolute atomic E-state index is 11.4. The van der Waals surface area contributed by atoms with Crippen molar-refractivity contribution < 1.29 is 25.0 Å². The molecule has 0 bridgehead atoms. The Balaban J connectivity index is 0.000000203. The van der Waals surface area contributed by atoms with Gasteiger partial charge in [-0.15, -0.1) is 0 Å². The predicted molar refractivity (Wildman–Crippen MR) is 117 cm³/mol. The van der Waals surface area contributed by atoms with Crippen molar-refractivity contribution >= 4 is 22.9 Å². The average Bonchev–Trinajstić information content (AvgIpc) is 2.79. The van der Waals surface area contributed by atoms with Gasteiger partial charge in [-0.1, -0.05) is 17.3 Å². The molecule has 0 saturated heterocycles. The van der Waals surface area contributed by atoms with E-state index in [1.54, 1.807) is 19.1 Å². The molecule has 4 rings (SSSR count). The largest absolute Gasteiger partial charge is 0.411 e. The van der Waals surface area contributed by atoms with Crippen molar-refractivity contribution in [2.75, 3.05) is 6.61 Å². The highest BCUT2D eigenvalue weighted by Crippen LogP contribution is 2.26. The highest BCUT2D eigenvalue weighted by molar-refractivity contribution is 6.02. The Kier molecular flexibility index (Phi) is 8.96. The number of nitro groups is 2. The molecular weight excluding hydrogens is 418 g/mol. The highest BCUT2D eigenvalue weighted by atomic mass is 16.6. The first-order valence-electron chi connectivity index (χ1n) is 10.2. The van der Waals surface area contributed by atoms with E-state index in [4.69, 9.17) is 10.3 Å². The quantitative estimate of drug-likeness (QED) is 0.400. The van der Waals surface area contributed by atoms with Crippen LogP contribution in [0.25, 0.3) is 0 Å². The molecule has 0 saturated carbocycles. The molecular formula is C22H25N3O7. The third-order valence-corrected chi connectivity index (χ3v) is 5.05. The number of nitrogens with zero attached hydrogens (tertiary/aromatic N) is 3. The summed E-state index contributed by atoms with van der Waals surface area (Å²) in [6.07, 6.45) is 4.68. The van der Waals surface area contributed by atoms with Crippen molar-refractivity contribution in [3.8, 4) is 0 Å². The molecule has 170 valence electrons. The fourth-order valence-corrected chi connectivity index (χ4v) is 3.58. The van der Waals surface area contributed by atoms with Crippen molar-refractivity contribution in [2.24, 2.45) is 5.16 Å². The zero-order chi connectivity index (χ0) is 23.7. The van der Waals surface area contributed by atoms with Crippen LogP contribution in [-0.4, -0.2) is 38.3 Å². The molecule has 0 aliphatic heterocycles. The normalized spacial score (nSPS) is 15.3. The first kappa shape index (κ1) is 24.6. The highest BCUT2D eigenvalue weighted by Gasteiger charge is 2.20. The van der Waals surface area contributed by atoms with Gasteiger partial charge < -0.3 is 10.3 Å². The number of oxime groups is 1. The van der Waals surface area contributed by atoms with Gasteiger partial charge in [-0.2, -0.15) is 0 Å². The Morgan fingerprint density at radius 3 is 1.84 bits per heavy atom. The van der Waals surface area contributed by atoms with E-state index in [0.717, 1.165) is 36.8 Å². The van der Waals surface area contributed by atoms with Gasteiger partial charge in [0.25, 0.3) is 11.4 Å². The van der Waals surface area contributed by atoms with Crippen molar-refractivity contribution in [1.82, 2.24) is 0 Å². The third kappa shape index (κ3) is 6.17. The number of aliphatic hydroxyl groups is 1. The number of aliphatic hydroxyl groups excluding tert-OH is 1. The number of non-ortho nitro benzene ring substituents is 2. The van der Waals surface area contributed by atoms with Gasteiger partial charge in [0.15, 0.2) is 5.78 Å². The van der Waals surface area contributed by atoms with Crippen LogP contribution >= 0.6 is 0 Å². The minimum absolute atomic E-state index is 0.000926. The Morgan fingerprint density at radius 2 is 1.34 bits per heavy atom. The molecule has 2 aliphatic rings. The molecule has 0 aromatic heterocycles. The summed E-state index contributed by atoms with van der Waals surface area (Å²) < 4.78 is 0. The van der Waals surface area contributed by atoms with Crippen LogP contribution in [0.1, 0.15) is 59.7 Å². The zero-order valence-electron chi connectivity index (χ0n) is 17.7. The molecule has 10 nitrogen and oxygen atoms in total. The van der Waals surface area contributed by atoms with Gasteiger partial charge in [-0.3, -0.25) is 25.0 Å². The Labute approximate surface area is 184 Å². The molecule has 32 heavy (non-hydrogen) atoms. The van der Waals surface area contributed by atoms with Crippen LogP contribution in [0, 0.1) is 20.2 Å². The number of ketones is 1.